The molecule has 0 aromatic rings. The number of aliphatic hydroxyl groups excluding tert-OH is 1. The fourth-order valence-electron chi connectivity index (χ4n) is 1.62. The molecule has 0 aliphatic carbocycles. The van der Waals surface area contributed by atoms with Crippen molar-refractivity contribution in [1.82, 2.24) is 10.2 Å². The fourth-order valence-corrected chi connectivity index (χ4v) is 1.62. The summed E-state index contributed by atoms with van der Waals surface area (Å²) >= 11 is 0. The van der Waals surface area contributed by atoms with Crippen LogP contribution >= 0.6 is 0 Å². The highest BCUT2D eigenvalue weighted by Gasteiger charge is 2.27. The van der Waals surface area contributed by atoms with Crippen molar-refractivity contribution in [2.45, 2.75) is 47.1 Å². The number of esters is 1. The van der Waals surface area contributed by atoms with E-state index >= 15 is 0 Å². The van der Waals surface area contributed by atoms with Gasteiger partial charge in [0.2, 0.25) is 0 Å². The van der Waals surface area contributed by atoms with Crippen LogP contribution in [0, 0.1) is 5.41 Å². The minimum Gasteiger partial charge on any atom is -0.462 e. The molecule has 0 radical (unpaired) electrons. The molecule has 1 unspecified atom stereocenters. The van der Waals surface area contributed by atoms with Crippen LogP contribution in [-0.2, 0) is 9.53 Å². The first-order valence-corrected chi connectivity index (χ1v) is 7.65. The van der Waals surface area contributed by atoms with Crippen molar-refractivity contribution in [3.8, 4) is 0 Å². The summed E-state index contributed by atoms with van der Waals surface area (Å²) in [5.41, 5.74) is -0.476. The van der Waals surface area contributed by atoms with Gasteiger partial charge in [0.25, 0.3) is 0 Å². The summed E-state index contributed by atoms with van der Waals surface area (Å²) in [5.74, 6) is -0.248. The SMILES string of the molecule is CCN(CC)CCNCC(O)COC(=O)C(C)(C)CC. The highest BCUT2D eigenvalue weighted by atomic mass is 16.5. The zero-order chi connectivity index (χ0) is 15.6. The number of carbonyl (C=O) groups excluding carboxylic acids is 1. The highest BCUT2D eigenvalue weighted by molar-refractivity contribution is 5.75. The Bertz CT molecular complexity index is 266. The van der Waals surface area contributed by atoms with Gasteiger partial charge in [-0.05, 0) is 33.4 Å². The number of aliphatic hydroxyl groups is 1. The minimum absolute atomic E-state index is 0.0561. The molecule has 0 aromatic carbocycles. The van der Waals surface area contributed by atoms with Gasteiger partial charge in [-0.1, -0.05) is 20.8 Å². The number of hydrogen-bond donors (Lipinski definition) is 2. The van der Waals surface area contributed by atoms with E-state index in [-0.39, 0.29) is 12.6 Å². The maximum Gasteiger partial charge on any atom is 0.311 e. The normalized spacial score (nSPS) is 13.6. The molecule has 0 aromatic heterocycles. The van der Waals surface area contributed by atoms with E-state index in [0.717, 1.165) is 32.6 Å². The van der Waals surface area contributed by atoms with Gasteiger partial charge in [0.1, 0.15) is 12.7 Å². The van der Waals surface area contributed by atoms with Crippen molar-refractivity contribution in [3.63, 3.8) is 0 Å². The van der Waals surface area contributed by atoms with Crippen LogP contribution in [0.3, 0.4) is 0 Å². The van der Waals surface area contributed by atoms with Crippen LogP contribution in [0.1, 0.15) is 41.0 Å². The van der Waals surface area contributed by atoms with Crippen molar-refractivity contribution in [3.05, 3.63) is 0 Å². The van der Waals surface area contributed by atoms with Gasteiger partial charge >= 0.3 is 5.97 Å². The zero-order valence-corrected chi connectivity index (χ0v) is 13.7. The van der Waals surface area contributed by atoms with Gasteiger partial charge in [-0.25, -0.2) is 0 Å². The standard InChI is InChI=1S/C15H32N2O3/c1-6-15(4,5)14(19)20-12-13(18)11-16-9-10-17(7-2)8-3/h13,16,18H,6-12H2,1-5H3. The van der Waals surface area contributed by atoms with Crippen molar-refractivity contribution in [2.24, 2.45) is 5.41 Å². The second-order valence-corrected chi connectivity index (χ2v) is 5.72. The van der Waals surface area contributed by atoms with E-state index < -0.39 is 11.5 Å². The van der Waals surface area contributed by atoms with Crippen molar-refractivity contribution in [1.29, 1.82) is 0 Å². The molecule has 0 spiro atoms. The maximum absolute atomic E-state index is 11.7. The molecule has 0 fully saturated rings. The number of nitrogens with one attached hydrogen (secondary N) is 1. The van der Waals surface area contributed by atoms with E-state index in [9.17, 15) is 9.90 Å². The van der Waals surface area contributed by atoms with E-state index in [1.54, 1.807) is 0 Å². The first-order chi connectivity index (χ1) is 9.37. The number of rotatable bonds is 11. The highest BCUT2D eigenvalue weighted by Crippen LogP contribution is 2.21. The summed E-state index contributed by atoms with van der Waals surface area (Å²) in [4.78, 5) is 14.0. The molecule has 1 atom stereocenters. The topological polar surface area (TPSA) is 61.8 Å². The summed E-state index contributed by atoms with van der Waals surface area (Å²) in [6.07, 6.45) is 0.0765. The summed E-state index contributed by atoms with van der Waals surface area (Å²) in [6.45, 7) is 14.3. The Kier molecular flexibility index (Phi) is 9.80. The molecule has 0 saturated carbocycles. The molecule has 120 valence electrons. The van der Waals surface area contributed by atoms with E-state index in [0.29, 0.717) is 6.54 Å². The van der Waals surface area contributed by atoms with Gasteiger partial charge in [-0.2, -0.15) is 0 Å². The van der Waals surface area contributed by atoms with Crippen molar-refractivity contribution >= 4 is 5.97 Å². The maximum atomic E-state index is 11.7. The quantitative estimate of drug-likeness (QED) is 0.443. The van der Waals surface area contributed by atoms with E-state index in [1.165, 1.54) is 0 Å². The molecule has 2 N–H and O–H groups in total. The molecule has 0 aliphatic rings. The lowest BCUT2D eigenvalue weighted by Crippen LogP contribution is -2.37. The van der Waals surface area contributed by atoms with Crippen molar-refractivity contribution < 1.29 is 14.6 Å². The third-order valence-corrected chi connectivity index (χ3v) is 3.72. The smallest absolute Gasteiger partial charge is 0.311 e. The first-order valence-electron chi connectivity index (χ1n) is 7.65. The Morgan fingerprint density at radius 3 is 2.40 bits per heavy atom. The average molecular weight is 288 g/mol. The van der Waals surface area contributed by atoms with Gasteiger partial charge in [0, 0.05) is 19.6 Å². The molecule has 5 heteroatoms. The summed E-state index contributed by atoms with van der Waals surface area (Å²) in [6, 6.07) is 0. The van der Waals surface area contributed by atoms with Gasteiger partial charge in [-0.15, -0.1) is 0 Å². The lowest BCUT2D eigenvalue weighted by Gasteiger charge is -2.22. The average Bonchev–Trinajstić information content (AvgIpc) is 2.44. The molecule has 0 aliphatic heterocycles. The van der Waals surface area contributed by atoms with Crippen LogP contribution in [0.2, 0.25) is 0 Å². The number of ether oxygens (including phenoxy) is 1. The predicted molar refractivity (Wildman–Crippen MR) is 81.7 cm³/mol. The Morgan fingerprint density at radius 2 is 1.90 bits per heavy atom. The van der Waals surface area contributed by atoms with E-state index in [1.807, 2.05) is 20.8 Å². The second-order valence-electron chi connectivity index (χ2n) is 5.72. The number of carbonyl (C=O) groups is 1. The largest absolute Gasteiger partial charge is 0.462 e. The zero-order valence-electron chi connectivity index (χ0n) is 13.7. The van der Waals surface area contributed by atoms with Crippen LogP contribution in [-0.4, -0.2) is 61.4 Å². The van der Waals surface area contributed by atoms with Crippen LogP contribution in [0.25, 0.3) is 0 Å². The molecule has 0 heterocycles. The lowest BCUT2D eigenvalue weighted by atomic mass is 9.91. The number of nitrogens with zero attached hydrogens (tertiary/aromatic N) is 1. The van der Waals surface area contributed by atoms with Crippen LogP contribution in [0.5, 0.6) is 0 Å². The molecular weight excluding hydrogens is 256 g/mol. The molecular formula is C15H32N2O3. The molecule has 20 heavy (non-hydrogen) atoms. The number of likely N-dealkylation sites (N-methyl/N-ethyl adjacent to an activating group) is 1. The van der Waals surface area contributed by atoms with Crippen LogP contribution in [0.15, 0.2) is 0 Å². The summed E-state index contributed by atoms with van der Waals surface area (Å²) in [5, 5.41) is 12.9. The Morgan fingerprint density at radius 1 is 1.30 bits per heavy atom. The van der Waals surface area contributed by atoms with Crippen LogP contribution < -0.4 is 5.32 Å². The fraction of sp³-hybridized carbons (Fsp3) is 0.933. The molecule has 0 saturated heterocycles. The van der Waals surface area contributed by atoms with Crippen molar-refractivity contribution in [2.75, 3.05) is 39.3 Å². The summed E-state index contributed by atoms with van der Waals surface area (Å²) in [7, 11) is 0. The van der Waals surface area contributed by atoms with Gasteiger partial charge in [0.15, 0.2) is 0 Å². The lowest BCUT2D eigenvalue weighted by molar-refractivity contribution is -0.157. The Balaban J connectivity index is 3.74. The Labute approximate surface area is 123 Å². The van der Waals surface area contributed by atoms with Gasteiger partial charge in [0.05, 0.1) is 5.41 Å². The second kappa shape index (κ2) is 10.1. The molecule has 0 rings (SSSR count). The monoisotopic (exact) mass is 288 g/mol. The van der Waals surface area contributed by atoms with Crippen LogP contribution in [0.4, 0.5) is 0 Å². The number of hydrogen-bond acceptors (Lipinski definition) is 5. The molecule has 0 amide bonds. The van der Waals surface area contributed by atoms with E-state index in [2.05, 4.69) is 24.1 Å². The van der Waals surface area contributed by atoms with Gasteiger partial charge < -0.3 is 20.1 Å². The third kappa shape index (κ3) is 7.82. The summed E-state index contributed by atoms with van der Waals surface area (Å²) < 4.78 is 5.14. The van der Waals surface area contributed by atoms with E-state index in [4.69, 9.17) is 4.74 Å². The molecule has 0 bridgehead atoms. The minimum atomic E-state index is -0.650. The first kappa shape index (κ1) is 19.4. The third-order valence-electron chi connectivity index (χ3n) is 3.72. The predicted octanol–water partition coefficient (Wildman–Crippen LogP) is 1.26. The Hall–Kier alpha value is -0.650. The molecule has 5 nitrogen and oxygen atoms in total. The van der Waals surface area contributed by atoms with Gasteiger partial charge in [-0.3, -0.25) is 4.79 Å².